The van der Waals surface area contributed by atoms with Gasteiger partial charge in [0, 0.05) is 12.8 Å². The van der Waals surface area contributed by atoms with Crippen LogP contribution in [0.3, 0.4) is 0 Å². The molecule has 1 aromatic carbocycles. The number of nitrogens with one attached hydrogen (secondary N) is 1. The van der Waals surface area contributed by atoms with Crippen molar-refractivity contribution >= 4 is 29.0 Å². The smallest absolute Gasteiger partial charge is 0.271 e. The van der Waals surface area contributed by atoms with Gasteiger partial charge in [0.2, 0.25) is 0 Å². The first-order valence-electron chi connectivity index (χ1n) is 5.07. The van der Waals surface area contributed by atoms with Crippen LogP contribution in [0.15, 0.2) is 34.7 Å². The Bertz CT molecular complexity index is 496. The zero-order chi connectivity index (χ0) is 12.1. The molecule has 0 spiro atoms. The van der Waals surface area contributed by atoms with E-state index < -0.39 is 0 Å². The maximum Gasteiger partial charge on any atom is 0.271 e. The lowest BCUT2D eigenvalue weighted by Crippen LogP contribution is -2.18. The highest BCUT2D eigenvalue weighted by molar-refractivity contribution is 8.00. The standard InChI is InChI=1S/C12H11N2OS2/c1-13-11(15)10-8-17-12(14-10)16-7-9-5-3-2-4-6-9/h2-6H,7H2,1H3,(H,13,15). The summed E-state index contributed by atoms with van der Waals surface area (Å²) >= 11 is 3.00. The molecule has 0 aliphatic heterocycles. The Labute approximate surface area is 108 Å². The van der Waals surface area contributed by atoms with Gasteiger partial charge >= 0.3 is 0 Å². The van der Waals surface area contributed by atoms with Crippen molar-refractivity contribution in [2.75, 3.05) is 7.05 Å². The van der Waals surface area contributed by atoms with Crippen molar-refractivity contribution in [3.63, 3.8) is 0 Å². The third kappa shape index (κ3) is 3.31. The lowest BCUT2D eigenvalue weighted by Gasteiger charge is -1.97. The topological polar surface area (TPSA) is 42.0 Å². The van der Waals surface area contributed by atoms with E-state index in [-0.39, 0.29) is 5.91 Å². The van der Waals surface area contributed by atoms with Gasteiger partial charge in [-0.1, -0.05) is 42.1 Å². The van der Waals surface area contributed by atoms with Crippen molar-refractivity contribution in [2.24, 2.45) is 0 Å². The zero-order valence-electron chi connectivity index (χ0n) is 9.27. The highest BCUT2D eigenvalue weighted by Crippen LogP contribution is 2.25. The number of carbonyl (C=O) groups is 1. The van der Waals surface area contributed by atoms with Crippen molar-refractivity contribution < 1.29 is 4.79 Å². The highest BCUT2D eigenvalue weighted by atomic mass is 32.2. The van der Waals surface area contributed by atoms with Crippen LogP contribution in [0.1, 0.15) is 16.1 Å². The molecule has 1 radical (unpaired) electrons. The second kappa shape index (κ2) is 5.84. The van der Waals surface area contributed by atoms with Crippen LogP contribution in [-0.4, -0.2) is 17.9 Å². The molecule has 2 rings (SSSR count). The Morgan fingerprint density at radius 2 is 2.24 bits per heavy atom. The van der Waals surface area contributed by atoms with Crippen molar-refractivity contribution in [3.8, 4) is 0 Å². The molecule has 1 amide bonds. The van der Waals surface area contributed by atoms with E-state index >= 15 is 0 Å². The van der Waals surface area contributed by atoms with E-state index in [0.717, 1.165) is 10.1 Å². The zero-order valence-corrected chi connectivity index (χ0v) is 10.9. The van der Waals surface area contributed by atoms with Crippen LogP contribution in [0.4, 0.5) is 0 Å². The maximum atomic E-state index is 11.3. The van der Waals surface area contributed by atoms with Crippen LogP contribution in [0.25, 0.3) is 0 Å². The molecule has 3 nitrogen and oxygen atoms in total. The number of aromatic nitrogens is 1. The minimum absolute atomic E-state index is 0.187. The van der Waals surface area contributed by atoms with Crippen molar-refractivity contribution in [2.45, 2.75) is 10.1 Å². The molecular formula is C12H11N2OS2. The Kier molecular flexibility index (Phi) is 4.17. The molecule has 17 heavy (non-hydrogen) atoms. The van der Waals surface area contributed by atoms with Crippen LogP contribution in [0, 0.1) is 5.38 Å². The summed E-state index contributed by atoms with van der Waals surface area (Å²) < 4.78 is 0.868. The minimum Gasteiger partial charge on any atom is -0.354 e. The van der Waals surface area contributed by atoms with Crippen molar-refractivity contribution in [3.05, 3.63) is 47.0 Å². The normalized spacial score (nSPS) is 10.2. The molecule has 2 aromatic rings. The van der Waals surface area contributed by atoms with E-state index in [1.54, 1.807) is 18.8 Å². The average Bonchev–Trinajstić information content (AvgIpc) is 2.85. The molecule has 1 aromatic heterocycles. The van der Waals surface area contributed by atoms with Crippen LogP contribution in [0.5, 0.6) is 0 Å². The Balaban J connectivity index is 1.96. The quantitative estimate of drug-likeness (QED) is 0.862. The number of hydrogen-bond acceptors (Lipinski definition) is 4. The molecule has 0 aliphatic carbocycles. The van der Waals surface area contributed by atoms with Gasteiger partial charge in [-0.3, -0.25) is 4.79 Å². The Morgan fingerprint density at radius 1 is 1.47 bits per heavy atom. The minimum atomic E-state index is -0.187. The first-order valence-corrected chi connectivity index (χ1v) is 6.87. The summed E-state index contributed by atoms with van der Waals surface area (Å²) in [5, 5.41) is 5.42. The van der Waals surface area contributed by atoms with Crippen molar-refractivity contribution in [1.82, 2.24) is 10.3 Å². The lowest BCUT2D eigenvalue weighted by molar-refractivity contribution is 0.0958. The summed E-state index contributed by atoms with van der Waals surface area (Å²) in [6.07, 6.45) is 0. The molecule has 0 bridgehead atoms. The van der Waals surface area contributed by atoms with Gasteiger partial charge < -0.3 is 5.32 Å². The fourth-order valence-corrected chi connectivity index (χ4v) is 2.86. The molecule has 0 saturated carbocycles. The molecule has 0 fully saturated rings. The van der Waals surface area contributed by atoms with Crippen LogP contribution in [0.2, 0.25) is 0 Å². The Hall–Kier alpha value is -1.33. The molecular weight excluding hydrogens is 252 g/mol. The fourth-order valence-electron chi connectivity index (χ4n) is 1.23. The van der Waals surface area contributed by atoms with Gasteiger partial charge in [-0.05, 0) is 5.56 Å². The third-order valence-electron chi connectivity index (χ3n) is 2.09. The van der Waals surface area contributed by atoms with E-state index in [1.165, 1.54) is 16.9 Å². The lowest BCUT2D eigenvalue weighted by atomic mass is 10.2. The summed E-state index contributed by atoms with van der Waals surface area (Å²) in [6, 6.07) is 10.2. The number of rotatable bonds is 4. The predicted octanol–water partition coefficient (Wildman–Crippen LogP) is 2.60. The monoisotopic (exact) mass is 263 g/mol. The summed E-state index contributed by atoms with van der Waals surface area (Å²) in [5.74, 6) is 0.669. The number of carbonyl (C=O) groups excluding carboxylic acids is 1. The first-order chi connectivity index (χ1) is 8.29. The number of thioether (sulfide) groups is 1. The van der Waals surface area contributed by atoms with Crippen LogP contribution in [-0.2, 0) is 5.75 Å². The summed E-state index contributed by atoms with van der Waals surface area (Å²) in [6.45, 7) is 0. The molecule has 0 aliphatic rings. The number of thiazole rings is 1. The summed E-state index contributed by atoms with van der Waals surface area (Å²) in [5.41, 5.74) is 1.61. The fraction of sp³-hybridized carbons (Fsp3) is 0.167. The molecule has 87 valence electrons. The maximum absolute atomic E-state index is 11.3. The van der Waals surface area contributed by atoms with Crippen LogP contribution >= 0.6 is 23.1 Å². The largest absolute Gasteiger partial charge is 0.354 e. The van der Waals surface area contributed by atoms with Gasteiger partial charge in [0.15, 0.2) is 4.34 Å². The number of amides is 1. The first kappa shape index (κ1) is 12.1. The van der Waals surface area contributed by atoms with E-state index in [2.05, 4.69) is 27.8 Å². The van der Waals surface area contributed by atoms with Gasteiger partial charge in [0.25, 0.3) is 5.91 Å². The van der Waals surface area contributed by atoms with Gasteiger partial charge in [0.05, 0.1) is 5.38 Å². The van der Waals surface area contributed by atoms with E-state index in [4.69, 9.17) is 0 Å². The number of benzene rings is 1. The summed E-state index contributed by atoms with van der Waals surface area (Å²) in [7, 11) is 1.59. The van der Waals surface area contributed by atoms with Crippen LogP contribution < -0.4 is 5.32 Å². The van der Waals surface area contributed by atoms with E-state index in [0.29, 0.717) is 5.69 Å². The molecule has 0 unspecified atom stereocenters. The average molecular weight is 263 g/mol. The van der Waals surface area contributed by atoms with Crippen molar-refractivity contribution in [1.29, 1.82) is 0 Å². The van der Waals surface area contributed by atoms with E-state index in [1.807, 2.05) is 18.2 Å². The SMILES string of the molecule is CNC(=O)c1[c]sc(SCc2ccccc2)n1. The molecule has 0 atom stereocenters. The Morgan fingerprint density at radius 3 is 2.94 bits per heavy atom. The molecule has 5 heteroatoms. The molecule has 1 heterocycles. The molecule has 1 N–H and O–H groups in total. The van der Waals surface area contributed by atoms with Gasteiger partial charge in [0.1, 0.15) is 5.69 Å². The van der Waals surface area contributed by atoms with Gasteiger partial charge in [-0.2, -0.15) is 0 Å². The molecule has 0 saturated heterocycles. The summed E-state index contributed by atoms with van der Waals surface area (Å²) in [4.78, 5) is 15.5. The predicted molar refractivity (Wildman–Crippen MR) is 70.3 cm³/mol. The second-order valence-corrected chi connectivity index (χ2v) is 5.30. The van der Waals surface area contributed by atoms with Gasteiger partial charge in [-0.15, -0.1) is 11.3 Å². The number of hydrogen-bond donors (Lipinski definition) is 1. The van der Waals surface area contributed by atoms with E-state index in [9.17, 15) is 4.79 Å². The highest BCUT2D eigenvalue weighted by Gasteiger charge is 2.09. The second-order valence-electron chi connectivity index (χ2n) is 3.28. The third-order valence-corrected chi connectivity index (χ3v) is 4.07. The van der Waals surface area contributed by atoms with Gasteiger partial charge in [-0.25, -0.2) is 4.98 Å². The number of nitrogens with zero attached hydrogens (tertiary/aromatic N) is 1.